The van der Waals surface area contributed by atoms with Crippen molar-refractivity contribution in [3.8, 4) is 0 Å². The minimum atomic E-state index is -0.220. The predicted molar refractivity (Wildman–Crippen MR) is 97.2 cm³/mol. The van der Waals surface area contributed by atoms with Gasteiger partial charge in [0.05, 0.1) is 13.0 Å². The molecule has 0 saturated carbocycles. The van der Waals surface area contributed by atoms with E-state index in [1.54, 1.807) is 0 Å². The first kappa shape index (κ1) is 17.7. The molecule has 0 unspecified atom stereocenters. The van der Waals surface area contributed by atoms with Gasteiger partial charge in [-0.1, -0.05) is 47.5 Å². The monoisotopic (exact) mass is 324 g/mol. The summed E-state index contributed by atoms with van der Waals surface area (Å²) in [7, 11) is 0. The van der Waals surface area contributed by atoms with Crippen LogP contribution in [0.2, 0.25) is 0 Å². The fraction of sp³-hybridized carbons (Fsp3) is 0.300. The Kier molecular flexibility index (Phi) is 5.74. The highest BCUT2D eigenvalue weighted by Crippen LogP contribution is 2.21. The Morgan fingerprint density at radius 3 is 2.00 bits per heavy atom. The van der Waals surface area contributed by atoms with E-state index in [-0.39, 0.29) is 24.8 Å². The van der Waals surface area contributed by atoms with Gasteiger partial charge in [-0.2, -0.15) is 0 Å². The largest absolute Gasteiger partial charge is 0.347 e. The molecule has 0 aromatic heterocycles. The van der Waals surface area contributed by atoms with E-state index in [9.17, 15) is 9.59 Å². The number of nitrogens with one attached hydrogen (secondary N) is 2. The molecular weight excluding hydrogens is 300 g/mol. The Hall–Kier alpha value is -2.62. The van der Waals surface area contributed by atoms with Gasteiger partial charge in [0.25, 0.3) is 0 Å². The molecule has 4 heteroatoms. The molecule has 0 aliphatic rings. The van der Waals surface area contributed by atoms with Gasteiger partial charge in [0.15, 0.2) is 0 Å². The van der Waals surface area contributed by atoms with Crippen LogP contribution in [0.5, 0.6) is 0 Å². The fourth-order valence-electron chi connectivity index (χ4n) is 2.69. The van der Waals surface area contributed by atoms with Crippen LogP contribution >= 0.6 is 0 Å². The quantitative estimate of drug-likeness (QED) is 0.887. The van der Waals surface area contributed by atoms with E-state index >= 15 is 0 Å². The molecule has 0 atom stereocenters. The van der Waals surface area contributed by atoms with Gasteiger partial charge in [0.1, 0.15) is 0 Å². The van der Waals surface area contributed by atoms with Crippen molar-refractivity contribution in [1.29, 1.82) is 0 Å². The maximum Gasteiger partial charge on any atom is 0.243 e. The summed E-state index contributed by atoms with van der Waals surface area (Å²) in [5.41, 5.74) is 6.11. The van der Waals surface area contributed by atoms with E-state index < -0.39 is 0 Å². The Morgan fingerprint density at radius 2 is 1.42 bits per heavy atom. The maximum absolute atomic E-state index is 12.1. The lowest BCUT2D eigenvalue weighted by Gasteiger charge is -2.13. The molecule has 0 fully saturated rings. The number of aryl methyl sites for hydroxylation is 4. The lowest BCUT2D eigenvalue weighted by molar-refractivity contribution is -0.123. The van der Waals surface area contributed by atoms with Gasteiger partial charge < -0.3 is 10.6 Å². The van der Waals surface area contributed by atoms with Gasteiger partial charge in [0.2, 0.25) is 11.8 Å². The van der Waals surface area contributed by atoms with Gasteiger partial charge in [-0.25, -0.2) is 0 Å². The summed E-state index contributed by atoms with van der Waals surface area (Å²) in [6.07, 6.45) is 0.274. The predicted octanol–water partition coefficient (Wildman–Crippen LogP) is 3.22. The molecule has 0 bridgehead atoms. The van der Waals surface area contributed by atoms with Crippen LogP contribution in [0, 0.1) is 27.7 Å². The highest BCUT2D eigenvalue weighted by Gasteiger charge is 2.10. The Bertz CT molecular complexity index is 726. The van der Waals surface area contributed by atoms with Gasteiger partial charge in [-0.05, 0) is 44.4 Å². The maximum atomic E-state index is 12.1. The van der Waals surface area contributed by atoms with E-state index in [4.69, 9.17) is 0 Å². The number of hydrogen-bond acceptors (Lipinski definition) is 2. The second kappa shape index (κ2) is 7.77. The molecule has 0 aliphatic carbocycles. The molecule has 126 valence electrons. The van der Waals surface area contributed by atoms with Gasteiger partial charge in [-0.3, -0.25) is 9.59 Å². The molecule has 2 amide bonds. The van der Waals surface area contributed by atoms with Crippen molar-refractivity contribution in [2.45, 2.75) is 34.1 Å². The zero-order valence-corrected chi connectivity index (χ0v) is 14.7. The summed E-state index contributed by atoms with van der Waals surface area (Å²) in [6, 6.07) is 11.8. The molecule has 0 radical (unpaired) electrons. The minimum Gasteiger partial charge on any atom is -0.347 e. The van der Waals surface area contributed by atoms with E-state index in [0.29, 0.717) is 0 Å². The van der Waals surface area contributed by atoms with Gasteiger partial charge >= 0.3 is 0 Å². The molecule has 2 N–H and O–H groups in total. The van der Waals surface area contributed by atoms with Crippen LogP contribution in [0.25, 0.3) is 0 Å². The molecule has 0 saturated heterocycles. The lowest BCUT2D eigenvalue weighted by atomic mass is 10.1. The molecule has 24 heavy (non-hydrogen) atoms. The summed E-state index contributed by atoms with van der Waals surface area (Å²) in [4.78, 5) is 24.0. The first-order valence-corrected chi connectivity index (χ1v) is 8.05. The van der Waals surface area contributed by atoms with Crippen molar-refractivity contribution in [3.05, 3.63) is 64.2 Å². The molecule has 4 nitrogen and oxygen atoms in total. The van der Waals surface area contributed by atoms with Crippen LogP contribution < -0.4 is 10.6 Å². The van der Waals surface area contributed by atoms with Crippen LogP contribution in [-0.2, 0) is 16.0 Å². The van der Waals surface area contributed by atoms with Gasteiger partial charge in [0, 0.05) is 5.69 Å². The smallest absolute Gasteiger partial charge is 0.243 e. The molecule has 0 spiro atoms. The second-order valence-corrected chi connectivity index (χ2v) is 6.26. The summed E-state index contributed by atoms with van der Waals surface area (Å²) < 4.78 is 0. The van der Waals surface area contributed by atoms with E-state index in [1.165, 1.54) is 0 Å². The Labute approximate surface area is 143 Å². The van der Waals surface area contributed by atoms with Crippen LogP contribution in [-0.4, -0.2) is 18.4 Å². The first-order valence-electron chi connectivity index (χ1n) is 8.05. The minimum absolute atomic E-state index is 0.0303. The van der Waals surface area contributed by atoms with E-state index in [2.05, 4.69) is 10.6 Å². The van der Waals surface area contributed by atoms with Gasteiger partial charge in [-0.15, -0.1) is 0 Å². The lowest BCUT2D eigenvalue weighted by Crippen LogP contribution is -2.34. The van der Waals surface area contributed by atoms with E-state index in [1.807, 2.05) is 64.1 Å². The topological polar surface area (TPSA) is 58.2 Å². The van der Waals surface area contributed by atoms with Crippen molar-refractivity contribution < 1.29 is 9.59 Å². The Morgan fingerprint density at radius 1 is 0.833 bits per heavy atom. The van der Waals surface area contributed by atoms with Crippen LogP contribution in [0.1, 0.15) is 27.8 Å². The first-order chi connectivity index (χ1) is 11.3. The van der Waals surface area contributed by atoms with Crippen molar-refractivity contribution >= 4 is 17.5 Å². The molecule has 2 aromatic rings. The van der Waals surface area contributed by atoms with Crippen LogP contribution in [0.4, 0.5) is 5.69 Å². The number of benzene rings is 2. The molecular formula is C20H24N2O2. The zero-order valence-electron chi connectivity index (χ0n) is 14.7. The van der Waals surface area contributed by atoms with Crippen molar-refractivity contribution in [2.75, 3.05) is 11.9 Å². The number of amides is 2. The van der Waals surface area contributed by atoms with E-state index in [0.717, 1.165) is 33.5 Å². The molecule has 0 aliphatic heterocycles. The average molecular weight is 324 g/mol. The number of hydrogen-bond donors (Lipinski definition) is 2. The SMILES string of the molecule is Cc1ccc(CC(=O)NCC(=O)Nc2c(C)cc(C)cc2C)cc1. The average Bonchev–Trinajstić information content (AvgIpc) is 2.51. The highest BCUT2D eigenvalue weighted by molar-refractivity contribution is 5.96. The van der Waals surface area contributed by atoms with Crippen molar-refractivity contribution in [2.24, 2.45) is 0 Å². The summed E-state index contributed by atoms with van der Waals surface area (Å²) in [6.45, 7) is 7.93. The third-order valence-corrected chi connectivity index (χ3v) is 3.87. The third-order valence-electron chi connectivity index (χ3n) is 3.87. The summed E-state index contributed by atoms with van der Waals surface area (Å²) in [5.74, 6) is -0.381. The molecule has 2 rings (SSSR count). The third kappa shape index (κ3) is 4.95. The molecule has 2 aromatic carbocycles. The normalized spacial score (nSPS) is 10.3. The highest BCUT2D eigenvalue weighted by atomic mass is 16.2. The summed E-state index contributed by atoms with van der Waals surface area (Å²) in [5, 5.41) is 5.54. The van der Waals surface area contributed by atoms with Crippen LogP contribution in [0.15, 0.2) is 36.4 Å². The molecule has 0 heterocycles. The Balaban J connectivity index is 1.87. The summed E-state index contributed by atoms with van der Waals surface area (Å²) >= 11 is 0. The number of anilines is 1. The van der Waals surface area contributed by atoms with Crippen LogP contribution in [0.3, 0.4) is 0 Å². The van der Waals surface area contributed by atoms with Crippen molar-refractivity contribution in [1.82, 2.24) is 5.32 Å². The van der Waals surface area contributed by atoms with Crippen molar-refractivity contribution in [3.63, 3.8) is 0 Å². The number of rotatable bonds is 5. The number of carbonyl (C=O) groups is 2. The fourth-order valence-corrected chi connectivity index (χ4v) is 2.69. The number of carbonyl (C=O) groups excluding carboxylic acids is 2. The second-order valence-electron chi connectivity index (χ2n) is 6.26. The zero-order chi connectivity index (χ0) is 17.7. The standard InChI is InChI=1S/C20H24N2O2/c1-13-5-7-17(8-6-13)11-18(23)21-12-19(24)22-20-15(3)9-14(2)10-16(20)4/h5-10H,11-12H2,1-4H3,(H,21,23)(H,22,24).